The second-order valence-corrected chi connectivity index (χ2v) is 6.88. The zero-order valence-corrected chi connectivity index (χ0v) is 11.5. The molecule has 15 heavy (non-hydrogen) atoms. The minimum absolute atomic E-state index is 0.225. The zero-order valence-electron chi connectivity index (χ0n) is 9.12. The standard InChI is InChI=1S/C12H14BrNS/c1-8-12(2,3)15-11(14-8)9-4-6-10(13)7-5-9/h4-8H,1-3H3/t8-/m0/s1. The van der Waals surface area contributed by atoms with Crippen molar-refractivity contribution in [2.24, 2.45) is 4.99 Å². The van der Waals surface area contributed by atoms with E-state index in [1.807, 2.05) is 11.8 Å². The van der Waals surface area contributed by atoms with Crippen molar-refractivity contribution in [3.63, 3.8) is 0 Å². The van der Waals surface area contributed by atoms with Crippen LogP contribution in [0.1, 0.15) is 26.3 Å². The minimum atomic E-state index is 0.225. The topological polar surface area (TPSA) is 12.4 Å². The summed E-state index contributed by atoms with van der Waals surface area (Å²) in [5.41, 5.74) is 1.22. The van der Waals surface area contributed by atoms with Crippen molar-refractivity contribution in [2.45, 2.75) is 31.6 Å². The summed E-state index contributed by atoms with van der Waals surface area (Å²) >= 11 is 5.31. The predicted octanol–water partition coefficient (Wildman–Crippen LogP) is 4.11. The van der Waals surface area contributed by atoms with Crippen LogP contribution in [0.4, 0.5) is 0 Å². The van der Waals surface area contributed by atoms with Crippen LogP contribution in [0.25, 0.3) is 0 Å². The van der Waals surface area contributed by atoms with E-state index in [1.54, 1.807) is 0 Å². The Bertz CT molecular complexity index is 395. The third-order valence-corrected chi connectivity index (χ3v) is 4.70. The number of hydrogen-bond acceptors (Lipinski definition) is 2. The molecule has 0 spiro atoms. The number of benzene rings is 1. The molecule has 0 unspecified atom stereocenters. The molecular formula is C12H14BrNS. The fourth-order valence-corrected chi connectivity index (χ4v) is 2.87. The van der Waals surface area contributed by atoms with Crippen LogP contribution in [0.5, 0.6) is 0 Å². The van der Waals surface area contributed by atoms with Gasteiger partial charge in [0, 0.05) is 14.8 Å². The first-order chi connectivity index (χ1) is 6.99. The molecule has 1 atom stereocenters. The smallest absolute Gasteiger partial charge is 0.0986 e. The number of hydrogen-bond donors (Lipinski definition) is 0. The molecule has 80 valence electrons. The molecule has 0 aromatic heterocycles. The molecule has 1 nitrogen and oxygen atoms in total. The van der Waals surface area contributed by atoms with Crippen molar-refractivity contribution in [3.05, 3.63) is 34.3 Å². The molecule has 0 saturated carbocycles. The van der Waals surface area contributed by atoms with Crippen molar-refractivity contribution in [1.29, 1.82) is 0 Å². The highest BCUT2D eigenvalue weighted by atomic mass is 79.9. The lowest BCUT2D eigenvalue weighted by Gasteiger charge is -2.20. The summed E-state index contributed by atoms with van der Waals surface area (Å²) in [6.45, 7) is 6.67. The molecule has 1 aromatic carbocycles. The number of thioether (sulfide) groups is 1. The highest BCUT2D eigenvalue weighted by Crippen LogP contribution is 2.39. The maximum absolute atomic E-state index is 4.71. The number of aliphatic imine (C=N–C) groups is 1. The van der Waals surface area contributed by atoms with E-state index in [-0.39, 0.29) is 4.75 Å². The average Bonchev–Trinajstić information content (AvgIpc) is 2.42. The Morgan fingerprint density at radius 3 is 2.33 bits per heavy atom. The first-order valence-electron chi connectivity index (χ1n) is 5.02. The summed E-state index contributed by atoms with van der Waals surface area (Å²) in [6, 6.07) is 8.75. The van der Waals surface area contributed by atoms with Crippen LogP contribution in [-0.4, -0.2) is 15.8 Å². The van der Waals surface area contributed by atoms with Crippen LogP contribution in [-0.2, 0) is 0 Å². The van der Waals surface area contributed by atoms with E-state index >= 15 is 0 Å². The van der Waals surface area contributed by atoms with Gasteiger partial charge in [-0.25, -0.2) is 0 Å². The molecule has 0 saturated heterocycles. The minimum Gasteiger partial charge on any atom is -0.273 e. The van der Waals surface area contributed by atoms with Crippen LogP contribution in [0.15, 0.2) is 33.7 Å². The summed E-state index contributed by atoms with van der Waals surface area (Å²) in [7, 11) is 0. The van der Waals surface area contributed by atoms with Crippen molar-refractivity contribution in [3.8, 4) is 0 Å². The fraction of sp³-hybridized carbons (Fsp3) is 0.417. The van der Waals surface area contributed by atoms with Crippen molar-refractivity contribution < 1.29 is 0 Å². The molecular weight excluding hydrogens is 270 g/mol. The largest absolute Gasteiger partial charge is 0.273 e. The number of halogens is 1. The van der Waals surface area contributed by atoms with E-state index < -0.39 is 0 Å². The maximum atomic E-state index is 4.71. The van der Waals surface area contributed by atoms with Gasteiger partial charge in [0.1, 0.15) is 0 Å². The fourth-order valence-electron chi connectivity index (χ4n) is 1.42. The molecule has 0 N–H and O–H groups in total. The van der Waals surface area contributed by atoms with E-state index in [1.165, 1.54) is 10.6 Å². The van der Waals surface area contributed by atoms with Crippen LogP contribution < -0.4 is 0 Å². The highest BCUT2D eigenvalue weighted by molar-refractivity contribution is 9.10. The lowest BCUT2D eigenvalue weighted by atomic mass is 10.1. The van der Waals surface area contributed by atoms with Gasteiger partial charge >= 0.3 is 0 Å². The Kier molecular flexibility index (Phi) is 2.95. The van der Waals surface area contributed by atoms with Crippen molar-refractivity contribution in [2.75, 3.05) is 0 Å². The molecule has 0 amide bonds. The van der Waals surface area contributed by atoms with Gasteiger partial charge in [-0.1, -0.05) is 39.8 Å². The lowest BCUT2D eigenvalue weighted by Crippen LogP contribution is -2.24. The molecule has 3 heteroatoms. The van der Waals surface area contributed by atoms with E-state index in [2.05, 4.69) is 61.0 Å². The quantitative estimate of drug-likeness (QED) is 0.756. The second-order valence-electron chi connectivity index (χ2n) is 4.32. The summed E-state index contributed by atoms with van der Waals surface area (Å²) in [4.78, 5) is 4.71. The molecule has 2 rings (SSSR count). The zero-order chi connectivity index (χ0) is 11.1. The van der Waals surface area contributed by atoms with Crippen LogP contribution in [0.3, 0.4) is 0 Å². The SMILES string of the molecule is C[C@@H]1N=C(c2ccc(Br)cc2)SC1(C)C. The van der Waals surface area contributed by atoms with Gasteiger partial charge in [-0.3, -0.25) is 4.99 Å². The van der Waals surface area contributed by atoms with Crippen LogP contribution in [0, 0.1) is 0 Å². The third kappa shape index (κ3) is 2.28. The first kappa shape index (κ1) is 11.2. The Labute approximate surface area is 104 Å². The van der Waals surface area contributed by atoms with E-state index in [0.29, 0.717) is 6.04 Å². The molecule has 1 aliphatic heterocycles. The predicted molar refractivity (Wildman–Crippen MR) is 71.8 cm³/mol. The monoisotopic (exact) mass is 283 g/mol. The molecule has 1 aromatic rings. The lowest BCUT2D eigenvalue weighted by molar-refractivity contribution is 0.594. The van der Waals surface area contributed by atoms with Crippen LogP contribution in [0.2, 0.25) is 0 Å². The highest BCUT2D eigenvalue weighted by Gasteiger charge is 2.34. The van der Waals surface area contributed by atoms with Crippen molar-refractivity contribution >= 4 is 32.7 Å². The summed E-state index contributed by atoms with van der Waals surface area (Å²) in [5.74, 6) is 0. The first-order valence-corrected chi connectivity index (χ1v) is 6.63. The van der Waals surface area contributed by atoms with E-state index in [4.69, 9.17) is 4.99 Å². The average molecular weight is 284 g/mol. The number of nitrogens with zero attached hydrogens (tertiary/aromatic N) is 1. The molecule has 0 radical (unpaired) electrons. The van der Waals surface area contributed by atoms with E-state index in [9.17, 15) is 0 Å². The molecule has 0 bridgehead atoms. The van der Waals surface area contributed by atoms with Gasteiger partial charge in [-0.05, 0) is 32.9 Å². The molecule has 0 aliphatic carbocycles. The molecule has 0 fully saturated rings. The van der Waals surface area contributed by atoms with Gasteiger partial charge < -0.3 is 0 Å². The van der Waals surface area contributed by atoms with Gasteiger partial charge in [-0.15, -0.1) is 0 Å². The normalized spacial score (nSPS) is 24.0. The van der Waals surface area contributed by atoms with E-state index in [0.717, 1.165) is 4.47 Å². The third-order valence-electron chi connectivity index (χ3n) is 2.77. The maximum Gasteiger partial charge on any atom is 0.0986 e. The Morgan fingerprint density at radius 1 is 1.27 bits per heavy atom. The summed E-state index contributed by atoms with van der Waals surface area (Å²) in [6.07, 6.45) is 0. The van der Waals surface area contributed by atoms with Gasteiger partial charge in [-0.2, -0.15) is 0 Å². The molecule has 1 heterocycles. The van der Waals surface area contributed by atoms with Gasteiger partial charge in [0.2, 0.25) is 0 Å². The van der Waals surface area contributed by atoms with Gasteiger partial charge in [0.25, 0.3) is 0 Å². The Balaban J connectivity index is 2.27. The Hall–Kier alpha value is -0.280. The second kappa shape index (κ2) is 3.95. The molecule has 1 aliphatic rings. The Morgan fingerprint density at radius 2 is 1.87 bits per heavy atom. The summed E-state index contributed by atoms with van der Waals surface area (Å²) in [5, 5.41) is 1.17. The van der Waals surface area contributed by atoms with Gasteiger partial charge in [0.05, 0.1) is 11.1 Å². The number of rotatable bonds is 1. The van der Waals surface area contributed by atoms with Gasteiger partial charge in [0.15, 0.2) is 0 Å². The summed E-state index contributed by atoms with van der Waals surface area (Å²) < 4.78 is 1.34. The van der Waals surface area contributed by atoms with Crippen LogP contribution >= 0.6 is 27.7 Å². The van der Waals surface area contributed by atoms with Crippen molar-refractivity contribution in [1.82, 2.24) is 0 Å².